The van der Waals surface area contributed by atoms with E-state index in [1.54, 1.807) is 0 Å². The number of allylic oxidation sites excluding steroid dienone is 1. The standard InChI is InChI=1S/C19H29FO2/c1-18-9-8-13-12(14(18)10-15(20)17(18)22)7-6-11-4-3-5-16(21)19(11,13)2/h4,12-17,21-22H,3,5-10H2,1-2H3/t12-,13+,14+,15-,16-,17+,18+,19+/m1/s1. The number of hydrogen-bond acceptors (Lipinski definition) is 2. The lowest BCUT2D eigenvalue weighted by Gasteiger charge is -2.59. The summed E-state index contributed by atoms with van der Waals surface area (Å²) in [5, 5.41) is 21.1. The number of hydrogen-bond donors (Lipinski definition) is 2. The molecule has 3 saturated carbocycles. The molecule has 0 unspecified atom stereocenters. The topological polar surface area (TPSA) is 40.5 Å². The van der Waals surface area contributed by atoms with Crippen molar-refractivity contribution in [2.75, 3.05) is 0 Å². The second kappa shape index (κ2) is 4.80. The normalized spacial score (nSPS) is 57.6. The molecule has 0 saturated heterocycles. The molecule has 0 spiro atoms. The van der Waals surface area contributed by atoms with Gasteiger partial charge in [-0.3, -0.25) is 0 Å². The molecule has 124 valence electrons. The zero-order valence-corrected chi connectivity index (χ0v) is 13.8. The first-order valence-corrected chi connectivity index (χ1v) is 9.08. The van der Waals surface area contributed by atoms with Gasteiger partial charge in [0.25, 0.3) is 0 Å². The van der Waals surface area contributed by atoms with Crippen LogP contribution in [0.4, 0.5) is 4.39 Å². The molecule has 0 aromatic rings. The average Bonchev–Trinajstić information content (AvgIpc) is 2.72. The van der Waals surface area contributed by atoms with E-state index >= 15 is 0 Å². The van der Waals surface area contributed by atoms with Crippen LogP contribution in [-0.2, 0) is 0 Å². The average molecular weight is 308 g/mol. The van der Waals surface area contributed by atoms with Crippen molar-refractivity contribution < 1.29 is 14.6 Å². The first-order valence-electron chi connectivity index (χ1n) is 9.08. The molecule has 0 heterocycles. The van der Waals surface area contributed by atoms with Crippen molar-refractivity contribution in [3.05, 3.63) is 11.6 Å². The van der Waals surface area contributed by atoms with Gasteiger partial charge >= 0.3 is 0 Å². The molecule has 0 radical (unpaired) electrons. The van der Waals surface area contributed by atoms with Gasteiger partial charge in [0.15, 0.2) is 0 Å². The van der Waals surface area contributed by atoms with Crippen LogP contribution < -0.4 is 0 Å². The third kappa shape index (κ3) is 1.73. The molecule has 3 fully saturated rings. The SMILES string of the molecule is C[C@]12CC[C@H]3[C@@H](CCC4=CCC[C@@H](O)[C@@]43C)[C@@H]1C[C@@H](F)[C@@H]2O. The van der Waals surface area contributed by atoms with Gasteiger partial charge in [-0.15, -0.1) is 0 Å². The van der Waals surface area contributed by atoms with E-state index in [0.29, 0.717) is 18.3 Å². The van der Waals surface area contributed by atoms with Gasteiger partial charge in [0.2, 0.25) is 0 Å². The number of halogens is 1. The van der Waals surface area contributed by atoms with Gasteiger partial charge in [-0.25, -0.2) is 4.39 Å². The van der Waals surface area contributed by atoms with Crippen LogP contribution in [0.5, 0.6) is 0 Å². The Morgan fingerprint density at radius 3 is 2.68 bits per heavy atom. The second-order valence-electron chi connectivity index (χ2n) is 8.76. The van der Waals surface area contributed by atoms with Crippen LogP contribution in [0.3, 0.4) is 0 Å². The fourth-order valence-corrected chi connectivity index (χ4v) is 6.71. The van der Waals surface area contributed by atoms with Crippen LogP contribution in [-0.4, -0.2) is 28.6 Å². The molecular formula is C19H29FO2. The van der Waals surface area contributed by atoms with Crippen molar-refractivity contribution in [2.45, 2.75) is 77.2 Å². The summed E-state index contributed by atoms with van der Waals surface area (Å²) in [5.74, 6) is 1.20. The molecule has 0 aromatic carbocycles. The summed E-state index contributed by atoms with van der Waals surface area (Å²) in [5.41, 5.74) is 1.09. The van der Waals surface area contributed by atoms with Crippen molar-refractivity contribution in [1.82, 2.24) is 0 Å². The molecule has 4 rings (SSSR count). The van der Waals surface area contributed by atoms with Gasteiger partial charge in [0.1, 0.15) is 6.17 Å². The van der Waals surface area contributed by atoms with Gasteiger partial charge in [-0.2, -0.15) is 0 Å². The Kier molecular flexibility index (Phi) is 3.30. The minimum atomic E-state index is -1.06. The summed E-state index contributed by atoms with van der Waals surface area (Å²) in [7, 11) is 0. The quantitative estimate of drug-likeness (QED) is 0.671. The minimum Gasteiger partial charge on any atom is -0.392 e. The summed E-state index contributed by atoms with van der Waals surface area (Å²) in [4.78, 5) is 0. The fraction of sp³-hybridized carbons (Fsp3) is 0.895. The number of alkyl halides is 1. The third-order valence-corrected chi connectivity index (χ3v) is 8.10. The molecular weight excluding hydrogens is 279 g/mol. The summed E-state index contributed by atoms with van der Waals surface area (Å²) >= 11 is 0. The molecule has 0 amide bonds. The monoisotopic (exact) mass is 308 g/mol. The summed E-state index contributed by atoms with van der Waals surface area (Å²) in [6.45, 7) is 4.35. The van der Waals surface area contributed by atoms with Crippen molar-refractivity contribution in [2.24, 2.45) is 28.6 Å². The fourth-order valence-electron chi connectivity index (χ4n) is 6.71. The number of fused-ring (bicyclic) bond motifs is 5. The Morgan fingerprint density at radius 2 is 1.91 bits per heavy atom. The lowest BCUT2D eigenvalue weighted by atomic mass is 9.47. The molecule has 0 aromatic heterocycles. The second-order valence-corrected chi connectivity index (χ2v) is 8.76. The Hall–Kier alpha value is -0.410. The van der Waals surface area contributed by atoms with Crippen LogP contribution in [0.2, 0.25) is 0 Å². The van der Waals surface area contributed by atoms with Gasteiger partial charge in [-0.05, 0) is 68.1 Å². The number of aliphatic hydroxyl groups excluding tert-OH is 2. The summed E-state index contributed by atoms with van der Waals surface area (Å²) < 4.78 is 14.2. The van der Waals surface area contributed by atoms with Gasteiger partial charge in [-0.1, -0.05) is 25.5 Å². The van der Waals surface area contributed by atoms with Crippen molar-refractivity contribution in [3.63, 3.8) is 0 Å². The zero-order chi connectivity index (χ0) is 15.7. The van der Waals surface area contributed by atoms with E-state index in [4.69, 9.17) is 0 Å². The van der Waals surface area contributed by atoms with Crippen LogP contribution >= 0.6 is 0 Å². The lowest BCUT2D eigenvalue weighted by Crippen LogP contribution is -2.54. The van der Waals surface area contributed by atoms with E-state index in [0.717, 1.165) is 38.5 Å². The summed E-state index contributed by atoms with van der Waals surface area (Å²) in [6, 6.07) is 0. The van der Waals surface area contributed by atoms with Crippen LogP contribution in [0, 0.1) is 28.6 Å². The van der Waals surface area contributed by atoms with Crippen LogP contribution in [0.1, 0.15) is 58.8 Å². The highest BCUT2D eigenvalue weighted by Crippen LogP contribution is 2.65. The van der Waals surface area contributed by atoms with E-state index < -0.39 is 12.3 Å². The Morgan fingerprint density at radius 1 is 1.14 bits per heavy atom. The molecule has 2 N–H and O–H groups in total. The van der Waals surface area contributed by atoms with Gasteiger partial charge < -0.3 is 10.2 Å². The lowest BCUT2D eigenvalue weighted by molar-refractivity contribution is -0.108. The van der Waals surface area contributed by atoms with E-state index in [1.165, 1.54) is 5.57 Å². The first kappa shape index (κ1) is 15.1. The van der Waals surface area contributed by atoms with Crippen molar-refractivity contribution in [3.8, 4) is 0 Å². The van der Waals surface area contributed by atoms with Gasteiger partial charge in [0, 0.05) is 5.41 Å². The van der Waals surface area contributed by atoms with Crippen molar-refractivity contribution >= 4 is 0 Å². The van der Waals surface area contributed by atoms with Gasteiger partial charge in [0.05, 0.1) is 12.2 Å². The maximum absolute atomic E-state index is 14.2. The van der Waals surface area contributed by atoms with E-state index in [2.05, 4.69) is 19.9 Å². The zero-order valence-electron chi connectivity index (χ0n) is 13.8. The van der Waals surface area contributed by atoms with Crippen LogP contribution in [0.15, 0.2) is 11.6 Å². The highest BCUT2D eigenvalue weighted by atomic mass is 19.1. The molecule has 0 aliphatic heterocycles. The largest absolute Gasteiger partial charge is 0.392 e. The molecule has 0 bridgehead atoms. The number of rotatable bonds is 0. The first-order chi connectivity index (χ1) is 10.4. The smallest absolute Gasteiger partial charge is 0.127 e. The highest BCUT2D eigenvalue weighted by molar-refractivity contribution is 5.26. The van der Waals surface area contributed by atoms with E-state index in [1.807, 2.05) is 0 Å². The molecule has 22 heavy (non-hydrogen) atoms. The Bertz CT molecular complexity index is 504. The van der Waals surface area contributed by atoms with E-state index in [9.17, 15) is 14.6 Å². The minimum absolute atomic E-state index is 0.109. The molecule has 8 atom stereocenters. The predicted octanol–water partition coefficient (Wildman–Crippen LogP) is 3.62. The Balaban J connectivity index is 1.71. The molecule has 4 aliphatic carbocycles. The maximum Gasteiger partial charge on any atom is 0.127 e. The Labute approximate surface area is 132 Å². The highest BCUT2D eigenvalue weighted by Gasteiger charge is 2.62. The number of aliphatic hydroxyl groups is 2. The molecule has 2 nitrogen and oxygen atoms in total. The van der Waals surface area contributed by atoms with Crippen LogP contribution in [0.25, 0.3) is 0 Å². The summed E-state index contributed by atoms with van der Waals surface area (Å²) in [6.07, 6.45) is 6.71. The van der Waals surface area contributed by atoms with Crippen molar-refractivity contribution in [1.29, 1.82) is 0 Å². The maximum atomic E-state index is 14.2. The molecule has 3 heteroatoms. The van der Waals surface area contributed by atoms with E-state index in [-0.39, 0.29) is 22.9 Å². The third-order valence-electron chi connectivity index (χ3n) is 8.10. The molecule has 4 aliphatic rings. The predicted molar refractivity (Wildman–Crippen MR) is 84.0 cm³/mol.